The highest BCUT2D eigenvalue weighted by Crippen LogP contribution is 2.20. The number of carbonyl (C=O) groups excluding carboxylic acids is 2. The number of carbonyl (C=O) groups is 2. The van der Waals surface area contributed by atoms with E-state index in [0.717, 1.165) is 16.7 Å². The summed E-state index contributed by atoms with van der Waals surface area (Å²) < 4.78 is 5.77. The largest absolute Gasteiger partial charge is 0.484 e. The van der Waals surface area contributed by atoms with Crippen LogP contribution in [0.3, 0.4) is 0 Å². The fraction of sp³-hybridized carbons (Fsp3) is 0.310. The molecular weight excluding hydrogens is 460 g/mol. The third-order valence-electron chi connectivity index (χ3n) is 5.53. The van der Waals surface area contributed by atoms with Crippen LogP contribution in [0.25, 0.3) is 0 Å². The molecule has 0 fully saturated rings. The van der Waals surface area contributed by atoms with Gasteiger partial charge in [0.15, 0.2) is 6.61 Å². The number of ether oxygens (including phenoxy) is 1. The first-order valence-corrected chi connectivity index (χ1v) is 12.1. The number of aryl methyl sites for hydroxylation is 1. The van der Waals surface area contributed by atoms with E-state index in [1.54, 1.807) is 29.2 Å². The Labute approximate surface area is 213 Å². The zero-order valence-corrected chi connectivity index (χ0v) is 21.5. The normalized spacial score (nSPS) is 12.0. The number of rotatable bonds is 9. The Morgan fingerprint density at radius 1 is 0.971 bits per heavy atom. The number of hydrogen-bond donors (Lipinski definition) is 1. The van der Waals surface area contributed by atoms with Crippen LogP contribution >= 0.6 is 11.6 Å². The van der Waals surface area contributed by atoms with Crippen molar-refractivity contribution >= 4 is 23.4 Å². The molecule has 0 saturated carbocycles. The van der Waals surface area contributed by atoms with Crippen LogP contribution in [0.2, 0.25) is 5.02 Å². The minimum Gasteiger partial charge on any atom is -0.484 e. The second kappa shape index (κ2) is 11.9. The monoisotopic (exact) mass is 492 g/mol. The van der Waals surface area contributed by atoms with E-state index in [1.807, 2.05) is 82.3 Å². The maximum absolute atomic E-state index is 13.6. The van der Waals surface area contributed by atoms with Gasteiger partial charge in [0.05, 0.1) is 0 Å². The lowest BCUT2D eigenvalue weighted by molar-refractivity contribution is -0.143. The molecule has 5 nitrogen and oxygen atoms in total. The minimum absolute atomic E-state index is 0.203. The highest BCUT2D eigenvalue weighted by molar-refractivity contribution is 6.30. The molecule has 1 unspecified atom stereocenters. The van der Waals surface area contributed by atoms with Gasteiger partial charge in [-0.05, 0) is 62.6 Å². The summed E-state index contributed by atoms with van der Waals surface area (Å²) in [5, 5.41) is 3.59. The van der Waals surface area contributed by atoms with Crippen molar-refractivity contribution in [3.8, 4) is 5.75 Å². The second-order valence-electron chi connectivity index (χ2n) is 9.64. The fourth-order valence-corrected chi connectivity index (χ4v) is 3.94. The van der Waals surface area contributed by atoms with Crippen molar-refractivity contribution in [3.05, 3.63) is 101 Å². The maximum Gasteiger partial charge on any atom is 0.261 e. The maximum atomic E-state index is 13.6. The van der Waals surface area contributed by atoms with Gasteiger partial charge in [-0.25, -0.2) is 0 Å². The Morgan fingerprint density at radius 2 is 1.66 bits per heavy atom. The standard InChI is InChI=1S/C29H33ClN2O3/c1-21-11-8-9-14-23(21)19-32(27(33)20-35-25-16-10-15-24(30)18-25)26(28(34)31-29(2,3)4)17-22-12-6-5-7-13-22/h5-16,18,26H,17,19-20H2,1-4H3,(H,31,34). The third-order valence-corrected chi connectivity index (χ3v) is 5.76. The number of benzene rings is 3. The van der Waals surface area contributed by atoms with Gasteiger partial charge in [0, 0.05) is 23.5 Å². The number of halogens is 1. The first-order chi connectivity index (χ1) is 16.6. The molecule has 6 heteroatoms. The topological polar surface area (TPSA) is 58.6 Å². The summed E-state index contributed by atoms with van der Waals surface area (Å²) in [6.45, 7) is 7.88. The lowest BCUT2D eigenvalue weighted by Crippen LogP contribution is -2.55. The Balaban J connectivity index is 1.94. The molecule has 0 spiro atoms. The van der Waals surface area contributed by atoms with Crippen LogP contribution in [-0.4, -0.2) is 34.9 Å². The SMILES string of the molecule is Cc1ccccc1CN(C(=O)COc1cccc(Cl)c1)C(Cc1ccccc1)C(=O)NC(C)(C)C. The van der Waals surface area contributed by atoms with Crippen LogP contribution in [0.15, 0.2) is 78.9 Å². The minimum atomic E-state index is -0.716. The first-order valence-electron chi connectivity index (χ1n) is 11.7. The van der Waals surface area contributed by atoms with Crippen molar-refractivity contribution in [2.24, 2.45) is 0 Å². The Kier molecular flexibility index (Phi) is 8.94. The van der Waals surface area contributed by atoms with Gasteiger partial charge >= 0.3 is 0 Å². The summed E-state index contributed by atoms with van der Waals surface area (Å²) in [6.07, 6.45) is 0.386. The van der Waals surface area contributed by atoms with Crippen molar-refractivity contribution < 1.29 is 14.3 Å². The second-order valence-corrected chi connectivity index (χ2v) is 10.1. The molecule has 0 aromatic heterocycles. The van der Waals surface area contributed by atoms with Gasteiger partial charge in [0.25, 0.3) is 5.91 Å². The molecule has 1 atom stereocenters. The van der Waals surface area contributed by atoms with Gasteiger partial charge in [-0.2, -0.15) is 0 Å². The molecule has 3 rings (SSSR count). The quantitative estimate of drug-likeness (QED) is 0.424. The molecule has 184 valence electrons. The van der Waals surface area contributed by atoms with Gasteiger partial charge in [-0.15, -0.1) is 0 Å². The summed E-state index contributed by atoms with van der Waals surface area (Å²) in [6, 6.07) is 23.8. The van der Waals surface area contributed by atoms with Crippen molar-refractivity contribution in [2.75, 3.05) is 6.61 Å². The smallest absolute Gasteiger partial charge is 0.261 e. The van der Waals surface area contributed by atoms with Crippen LogP contribution in [0.5, 0.6) is 5.75 Å². The van der Waals surface area contributed by atoms with E-state index in [-0.39, 0.29) is 18.4 Å². The van der Waals surface area contributed by atoms with Crippen molar-refractivity contribution in [3.63, 3.8) is 0 Å². The molecule has 3 aromatic rings. The summed E-state index contributed by atoms with van der Waals surface area (Å²) in [5.74, 6) is 0.0182. The molecule has 0 aliphatic heterocycles. The summed E-state index contributed by atoms with van der Waals surface area (Å²) >= 11 is 6.06. The van der Waals surface area contributed by atoms with Crippen LogP contribution in [0.4, 0.5) is 0 Å². The van der Waals surface area contributed by atoms with Gasteiger partial charge in [0.1, 0.15) is 11.8 Å². The van der Waals surface area contributed by atoms with Crippen LogP contribution < -0.4 is 10.1 Å². The molecule has 0 radical (unpaired) electrons. The molecule has 35 heavy (non-hydrogen) atoms. The van der Waals surface area contributed by atoms with E-state index in [0.29, 0.717) is 23.7 Å². The molecule has 1 N–H and O–H groups in total. The average Bonchev–Trinajstić information content (AvgIpc) is 2.80. The van der Waals surface area contributed by atoms with Crippen molar-refractivity contribution in [1.29, 1.82) is 0 Å². The molecule has 0 aliphatic carbocycles. The van der Waals surface area contributed by atoms with E-state index in [2.05, 4.69) is 5.32 Å². The fourth-order valence-electron chi connectivity index (χ4n) is 3.76. The number of nitrogens with one attached hydrogen (secondary N) is 1. The molecule has 0 saturated heterocycles. The molecule has 2 amide bonds. The lowest BCUT2D eigenvalue weighted by Gasteiger charge is -2.34. The number of hydrogen-bond acceptors (Lipinski definition) is 3. The highest BCUT2D eigenvalue weighted by Gasteiger charge is 2.32. The van der Waals surface area contributed by atoms with E-state index >= 15 is 0 Å². The van der Waals surface area contributed by atoms with E-state index < -0.39 is 11.6 Å². The predicted molar refractivity (Wildman–Crippen MR) is 141 cm³/mol. The molecular formula is C29H33ClN2O3. The summed E-state index contributed by atoms with van der Waals surface area (Å²) in [7, 11) is 0. The molecule has 0 aliphatic rings. The lowest BCUT2D eigenvalue weighted by atomic mass is 10.00. The third kappa shape index (κ3) is 8.15. The zero-order valence-electron chi connectivity index (χ0n) is 20.8. The molecule has 0 heterocycles. The average molecular weight is 493 g/mol. The predicted octanol–water partition coefficient (Wildman–Crippen LogP) is 5.58. The van der Waals surface area contributed by atoms with Crippen LogP contribution in [-0.2, 0) is 22.6 Å². The van der Waals surface area contributed by atoms with Gasteiger partial charge in [-0.1, -0.05) is 72.3 Å². The Morgan fingerprint density at radius 3 is 2.31 bits per heavy atom. The Bertz CT molecular complexity index is 1140. The van der Waals surface area contributed by atoms with Crippen molar-refractivity contribution in [1.82, 2.24) is 10.2 Å². The van der Waals surface area contributed by atoms with Crippen LogP contribution in [0.1, 0.15) is 37.5 Å². The van der Waals surface area contributed by atoms with Crippen LogP contribution in [0, 0.1) is 6.92 Å². The highest BCUT2D eigenvalue weighted by atomic mass is 35.5. The first kappa shape index (κ1) is 26.3. The zero-order chi connectivity index (χ0) is 25.4. The molecule has 0 bridgehead atoms. The van der Waals surface area contributed by atoms with Crippen molar-refractivity contribution in [2.45, 2.75) is 52.2 Å². The number of amides is 2. The van der Waals surface area contributed by atoms with E-state index in [9.17, 15) is 9.59 Å². The van der Waals surface area contributed by atoms with Gasteiger partial charge in [0.2, 0.25) is 5.91 Å². The summed E-state index contributed by atoms with van der Waals surface area (Å²) in [4.78, 5) is 28.8. The van der Waals surface area contributed by atoms with Gasteiger partial charge in [-0.3, -0.25) is 9.59 Å². The van der Waals surface area contributed by atoms with E-state index in [1.165, 1.54) is 0 Å². The Hall–Kier alpha value is -3.31. The van der Waals surface area contributed by atoms with E-state index in [4.69, 9.17) is 16.3 Å². The van der Waals surface area contributed by atoms with Gasteiger partial charge < -0.3 is 15.0 Å². The summed E-state index contributed by atoms with van der Waals surface area (Å²) in [5.41, 5.74) is 2.56. The number of nitrogens with zero attached hydrogens (tertiary/aromatic N) is 1. The molecule has 3 aromatic carbocycles.